The topological polar surface area (TPSA) is 42.7 Å². The first-order valence-corrected chi connectivity index (χ1v) is 8.17. The van der Waals surface area contributed by atoms with E-state index in [1.165, 1.54) is 11.1 Å². The Morgan fingerprint density at radius 2 is 2.00 bits per heavy atom. The van der Waals surface area contributed by atoms with E-state index in [0.29, 0.717) is 0 Å². The highest BCUT2D eigenvalue weighted by molar-refractivity contribution is 9.10. The second-order valence-corrected chi connectivity index (χ2v) is 6.41. The first kappa shape index (κ1) is 16.2. The number of halogens is 1. The summed E-state index contributed by atoms with van der Waals surface area (Å²) in [4.78, 5) is 0. The maximum atomic E-state index is 4.38. The van der Waals surface area contributed by atoms with Crippen molar-refractivity contribution in [1.82, 2.24) is 20.3 Å². The number of aryl methyl sites for hydroxylation is 2. The van der Waals surface area contributed by atoms with E-state index in [4.69, 9.17) is 0 Å². The summed E-state index contributed by atoms with van der Waals surface area (Å²) in [5, 5.41) is 12.2. The van der Waals surface area contributed by atoms with Crippen LogP contribution in [-0.2, 0) is 0 Å². The SMILES string of the molecule is CCCNC(C)c1nnn(-c2c(C)cc(C)cc2Br)c1C. The summed E-state index contributed by atoms with van der Waals surface area (Å²) in [6, 6.07) is 4.49. The number of benzene rings is 1. The summed E-state index contributed by atoms with van der Waals surface area (Å²) in [6.45, 7) is 11.6. The summed E-state index contributed by atoms with van der Waals surface area (Å²) >= 11 is 3.65. The minimum atomic E-state index is 0.211. The van der Waals surface area contributed by atoms with Gasteiger partial charge in [-0.05, 0) is 73.8 Å². The molecule has 0 aliphatic rings. The predicted octanol–water partition coefficient (Wildman–Crippen LogP) is 4.02. The first-order valence-electron chi connectivity index (χ1n) is 7.38. The maximum absolute atomic E-state index is 4.38. The standard InChI is InChI=1S/C16H23BrN4/c1-6-7-18-12(4)15-13(5)21(20-19-15)16-11(3)8-10(2)9-14(16)17/h8-9,12,18H,6-7H2,1-5H3. The van der Waals surface area contributed by atoms with Crippen LogP contribution in [0.3, 0.4) is 0 Å². The lowest BCUT2D eigenvalue weighted by atomic mass is 10.1. The van der Waals surface area contributed by atoms with Gasteiger partial charge in [-0.15, -0.1) is 5.10 Å². The Morgan fingerprint density at radius 3 is 2.62 bits per heavy atom. The van der Waals surface area contributed by atoms with Gasteiger partial charge in [0, 0.05) is 4.47 Å². The van der Waals surface area contributed by atoms with Crippen molar-refractivity contribution in [2.45, 2.75) is 47.1 Å². The average molecular weight is 351 g/mol. The van der Waals surface area contributed by atoms with E-state index in [9.17, 15) is 0 Å². The Kier molecular flexibility index (Phi) is 5.17. The highest BCUT2D eigenvalue weighted by Crippen LogP contribution is 2.28. The Balaban J connectivity index is 2.41. The fourth-order valence-corrected chi connectivity index (χ4v) is 3.43. The molecule has 2 aromatic rings. The molecule has 1 atom stereocenters. The van der Waals surface area contributed by atoms with Crippen molar-refractivity contribution in [3.8, 4) is 5.69 Å². The number of rotatable bonds is 5. The Hall–Kier alpha value is -1.20. The van der Waals surface area contributed by atoms with E-state index >= 15 is 0 Å². The molecular formula is C16H23BrN4. The molecule has 0 saturated carbocycles. The van der Waals surface area contributed by atoms with E-state index in [-0.39, 0.29) is 6.04 Å². The minimum Gasteiger partial charge on any atom is -0.309 e. The Labute approximate surface area is 135 Å². The Morgan fingerprint density at radius 1 is 1.29 bits per heavy atom. The molecule has 2 rings (SSSR count). The van der Waals surface area contributed by atoms with Crippen molar-refractivity contribution in [2.24, 2.45) is 0 Å². The highest BCUT2D eigenvalue weighted by Gasteiger charge is 2.18. The van der Waals surface area contributed by atoms with Gasteiger partial charge in [0.1, 0.15) is 5.69 Å². The molecule has 21 heavy (non-hydrogen) atoms. The second kappa shape index (κ2) is 6.71. The molecule has 1 unspecified atom stereocenters. The van der Waals surface area contributed by atoms with Gasteiger partial charge in [0.05, 0.1) is 17.4 Å². The summed E-state index contributed by atoms with van der Waals surface area (Å²) in [5.41, 5.74) is 5.59. The van der Waals surface area contributed by atoms with Crippen LogP contribution in [-0.4, -0.2) is 21.5 Å². The molecule has 4 nitrogen and oxygen atoms in total. The second-order valence-electron chi connectivity index (χ2n) is 5.56. The first-order chi connectivity index (χ1) is 9.95. The van der Waals surface area contributed by atoms with Gasteiger partial charge < -0.3 is 5.32 Å². The fraction of sp³-hybridized carbons (Fsp3) is 0.500. The van der Waals surface area contributed by atoms with Crippen molar-refractivity contribution >= 4 is 15.9 Å². The van der Waals surface area contributed by atoms with Crippen molar-refractivity contribution in [3.05, 3.63) is 39.1 Å². The summed E-state index contributed by atoms with van der Waals surface area (Å²) in [5.74, 6) is 0. The zero-order valence-electron chi connectivity index (χ0n) is 13.4. The van der Waals surface area contributed by atoms with E-state index < -0.39 is 0 Å². The van der Waals surface area contributed by atoms with Crippen LogP contribution < -0.4 is 5.32 Å². The van der Waals surface area contributed by atoms with Crippen LogP contribution in [0.25, 0.3) is 5.69 Å². The van der Waals surface area contributed by atoms with Crippen molar-refractivity contribution in [2.75, 3.05) is 6.54 Å². The lowest BCUT2D eigenvalue weighted by Crippen LogP contribution is -2.20. The van der Waals surface area contributed by atoms with Gasteiger partial charge in [-0.2, -0.15) is 0 Å². The third kappa shape index (κ3) is 3.35. The van der Waals surface area contributed by atoms with E-state index in [0.717, 1.165) is 34.5 Å². The van der Waals surface area contributed by atoms with E-state index in [1.807, 2.05) is 4.68 Å². The highest BCUT2D eigenvalue weighted by atomic mass is 79.9. The smallest absolute Gasteiger partial charge is 0.103 e. The van der Waals surface area contributed by atoms with E-state index in [2.05, 4.69) is 78.3 Å². The lowest BCUT2D eigenvalue weighted by Gasteiger charge is -2.13. The molecular weight excluding hydrogens is 328 g/mol. The van der Waals surface area contributed by atoms with Crippen LogP contribution in [0, 0.1) is 20.8 Å². The normalized spacial score (nSPS) is 12.7. The van der Waals surface area contributed by atoms with Gasteiger partial charge in [0.2, 0.25) is 0 Å². The maximum Gasteiger partial charge on any atom is 0.103 e. The fourth-order valence-electron chi connectivity index (χ4n) is 2.59. The molecule has 5 heteroatoms. The predicted molar refractivity (Wildman–Crippen MR) is 90.0 cm³/mol. The monoisotopic (exact) mass is 350 g/mol. The van der Waals surface area contributed by atoms with Crippen molar-refractivity contribution in [3.63, 3.8) is 0 Å². The van der Waals surface area contributed by atoms with Gasteiger partial charge in [-0.1, -0.05) is 18.2 Å². The van der Waals surface area contributed by atoms with Gasteiger partial charge in [0.25, 0.3) is 0 Å². The molecule has 0 saturated heterocycles. The van der Waals surface area contributed by atoms with Gasteiger partial charge >= 0.3 is 0 Å². The average Bonchev–Trinajstić information content (AvgIpc) is 2.77. The van der Waals surface area contributed by atoms with Crippen molar-refractivity contribution in [1.29, 1.82) is 0 Å². The zero-order valence-corrected chi connectivity index (χ0v) is 15.0. The van der Waals surface area contributed by atoms with Gasteiger partial charge in [-0.3, -0.25) is 0 Å². The number of hydrogen-bond donors (Lipinski definition) is 1. The molecule has 0 fully saturated rings. The number of hydrogen-bond acceptors (Lipinski definition) is 3. The molecule has 1 heterocycles. The van der Waals surface area contributed by atoms with Crippen LogP contribution >= 0.6 is 15.9 Å². The van der Waals surface area contributed by atoms with Crippen LogP contribution in [0.4, 0.5) is 0 Å². The molecule has 0 bridgehead atoms. The third-order valence-corrected chi connectivity index (χ3v) is 4.26. The summed E-state index contributed by atoms with van der Waals surface area (Å²) in [6.07, 6.45) is 1.11. The zero-order chi connectivity index (χ0) is 15.6. The molecule has 0 aliphatic heterocycles. The molecule has 0 spiro atoms. The number of aromatic nitrogens is 3. The van der Waals surface area contributed by atoms with Gasteiger partial charge in [0.15, 0.2) is 0 Å². The molecule has 1 aromatic carbocycles. The number of nitrogens with zero attached hydrogens (tertiary/aromatic N) is 3. The minimum absolute atomic E-state index is 0.211. The quantitative estimate of drug-likeness (QED) is 0.885. The lowest BCUT2D eigenvalue weighted by molar-refractivity contribution is 0.555. The summed E-state index contributed by atoms with van der Waals surface area (Å²) in [7, 11) is 0. The molecule has 1 N–H and O–H groups in total. The van der Waals surface area contributed by atoms with Crippen LogP contribution in [0.2, 0.25) is 0 Å². The number of nitrogens with one attached hydrogen (secondary N) is 1. The van der Waals surface area contributed by atoms with E-state index in [1.54, 1.807) is 0 Å². The molecule has 1 aromatic heterocycles. The molecule has 114 valence electrons. The molecule has 0 amide bonds. The van der Waals surface area contributed by atoms with Crippen LogP contribution in [0.1, 0.15) is 48.8 Å². The van der Waals surface area contributed by atoms with Gasteiger partial charge in [-0.25, -0.2) is 4.68 Å². The van der Waals surface area contributed by atoms with Crippen molar-refractivity contribution < 1.29 is 0 Å². The third-order valence-electron chi connectivity index (χ3n) is 3.65. The molecule has 0 radical (unpaired) electrons. The van der Waals surface area contributed by atoms with Crippen LogP contribution in [0.5, 0.6) is 0 Å². The Bertz CT molecular complexity index is 610. The largest absolute Gasteiger partial charge is 0.309 e. The molecule has 0 aliphatic carbocycles. The van der Waals surface area contributed by atoms with Crippen LogP contribution in [0.15, 0.2) is 16.6 Å². The summed E-state index contributed by atoms with van der Waals surface area (Å²) < 4.78 is 2.98.